The molecule has 0 saturated heterocycles. The van der Waals surface area contributed by atoms with Gasteiger partial charge >= 0.3 is 5.97 Å². The maximum Gasteiger partial charge on any atom is 0.333 e. The Bertz CT molecular complexity index is 379. The average Bonchev–Trinajstić information content (AvgIpc) is 2.30. The molecule has 0 radical (unpaired) electrons. The topological polar surface area (TPSA) is 35.5 Å². The Kier molecular flexibility index (Phi) is 5.27. The van der Waals surface area contributed by atoms with Gasteiger partial charge < -0.3 is 9.47 Å². The Labute approximate surface area is 102 Å². The van der Waals surface area contributed by atoms with Crippen LogP contribution in [-0.2, 0) is 9.53 Å². The van der Waals surface area contributed by atoms with Gasteiger partial charge in [0, 0.05) is 12.0 Å². The van der Waals surface area contributed by atoms with Crippen LogP contribution in [0.5, 0.6) is 5.75 Å². The summed E-state index contributed by atoms with van der Waals surface area (Å²) in [7, 11) is 0. The number of rotatable bonds is 6. The molecule has 92 valence electrons. The first kappa shape index (κ1) is 13.3. The number of esters is 1. The number of hydrogen-bond acceptors (Lipinski definition) is 3. The van der Waals surface area contributed by atoms with Crippen LogP contribution < -0.4 is 4.74 Å². The molecule has 0 aliphatic carbocycles. The molecular formula is C14H18O3. The van der Waals surface area contributed by atoms with Crippen LogP contribution in [0.4, 0.5) is 0 Å². The van der Waals surface area contributed by atoms with Crippen molar-refractivity contribution in [2.75, 3.05) is 13.2 Å². The van der Waals surface area contributed by atoms with E-state index < -0.39 is 0 Å². The highest BCUT2D eigenvalue weighted by Gasteiger charge is 2.02. The molecule has 1 aromatic carbocycles. The molecule has 0 aromatic heterocycles. The van der Waals surface area contributed by atoms with Crippen LogP contribution >= 0.6 is 0 Å². The summed E-state index contributed by atoms with van der Waals surface area (Å²) in [6.07, 6.45) is 0.674. The standard InChI is InChI=1S/C14H18O3/c1-11(2)14(15)17-10-4-9-16-13-7-5-12(3)6-8-13/h5-8H,1,4,9-10H2,2-3H3. The molecule has 17 heavy (non-hydrogen) atoms. The van der Waals surface area contributed by atoms with Gasteiger partial charge in [0.2, 0.25) is 0 Å². The monoisotopic (exact) mass is 234 g/mol. The van der Waals surface area contributed by atoms with E-state index in [1.807, 2.05) is 31.2 Å². The Morgan fingerprint density at radius 2 is 1.88 bits per heavy atom. The summed E-state index contributed by atoms with van der Waals surface area (Å²) in [4.78, 5) is 11.1. The summed E-state index contributed by atoms with van der Waals surface area (Å²) in [6, 6.07) is 7.84. The smallest absolute Gasteiger partial charge is 0.333 e. The molecule has 0 unspecified atom stereocenters. The van der Waals surface area contributed by atoms with E-state index in [4.69, 9.17) is 9.47 Å². The largest absolute Gasteiger partial charge is 0.493 e. The number of benzene rings is 1. The van der Waals surface area contributed by atoms with Crippen LogP contribution in [0.2, 0.25) is 0 Å². The van der Waals surface area contributed by atoms with E-state index in [-0.39, 0.29) is 5.97 Å². The lowest BCUT2D eigenvalue weighted by molar-refractivity contribution is -0.139. The van der Waals surface area contributed by atoms with Crippen molar-refractivity contribution in [2.45, 2.75) is 20.3 Å². The molecule has 0 N–H and O–H groups in total. The Morgan fingerprint density at radius 3 is 2.47 bits per heavy atom. The first-order chi connectivity index (χ1) is 8.09. The Hall–Kier alpha value is -1.77. The molecule has 0 spiro atoms. The zero-order chi connectivity index (χ0) is 12.7. The van der Waals surface area contributed by atoms with Gasteiger partial charge in [-0.15, -0.1) is 0 Å². The lowest BCUT2D eigenvalue weighted by Gasteiger charge is -2.07. The zero-order valence-corrected chi connectivity index (χ0v) is 10.4. The summed E-state index contributed by atoms with van der Waals surface area (Å²) in [5, 5.41) is 0. The highest BCUT2D eigenvalue weighted by molar-refractivity contribution is 5.86. The highest BCUT2D eigenvalue weighted by atomic mass is 16.5. The molecule has 0 aliphatic rings. The van der Waals surface area contributed by atoms with Gasteiger partial charge in [-0.25, -0.2) is 4.79 Å². The first-order valence-corrected chi connectivity index (χ1v) is 5.61. The molecule has 0 atom stereocenters. The zero-order valence-electron chi connectivity index (χ0n) is 10.4. The van der Waals surface area contributed by atoms with Crippen molar-refractivity contribution in [3.8, 4) is 5.75 Å². The fourth-order valence-electron chi connectivity index (χ4n) is 1.17. The average molecular weight is 234 g/mol. The van der Waals surface area contributed by atoms with E-state index in [9.17, 15) is 4.79 Å². The normalized spacial score (nSPS) is 9.76. The summed E-state index contributed by atoms with van der Waals surface area (Å²) >= 11 is 0. The van der Waals surface area contributed by atoms with Crippen LogP contribution in [0.25, 0.3) is 0 Å². The van der Waals surface area contributed by atoms with Crippen molar-refractivity contribution in [3.05, 3.63) is 42.0 Å². The fraction of sp³-hybridized carbons (Fsp3) is 0.357. The van der Waals surface area contributed by atoms with Crippen molar-refractivity contribution in [1.29, 1.82) is 0 Å². The second kappa shape index (κ2) is 6.74. The van der Waals surface area contributed by atoms with Crippen LogP contribution in [0, 0.1) is 6.92 Å². The summed E-state index contributed by atoms with van der Waals surface area (Å²) in [5.41, 5.74) is 1.62. The molecule has 3 heteroatoms. The minimum Gasteiger partial charge on any atom is -0.493 e. The van der Waals surface area contributed by atoms with Crippen LogP contribution in [0.15, 0.2) is 36.4 Å². The van der Waals surface area contributed by atoms with Gasteiger partial charge in [-0.3, -0.25) is 0 Å². The molecule has 1 aromatic rings. The van der Waals surface area contributed by atoms with Crippen LogP contribution in [0.1, 0.15) is 18.9 Å². The fourth-order valence-corrected chi connectivity index (χ4v) is 1.17. The van der Waals surface area contributed by atoms with Crippen LogP contribution in [0.3, 0.4) is 0 Å². The molecule has 0 aliphatic heterocycles. The third-order valence-corrected chi connectivity index (χ3v) is 2.16. The maximum atomic E-state index is 11.1. The maximum absolute atomic E-state index is 11.1. The number of carbonyl (C=O) groups is 1. The number of hydrogen-bond donors (Lipinski definition) is 0. The van der Waals surface area contributed by atoms with Crippen molar-refractivity contribution >= 4 is 5.97 Å². The Balaban J connectivity index is 2.14. The molecule has 3 nitrogen and oxygen atoms in total. The lowest BCUT2D eigenvalue weighted by atomic mass is 10.2. The number of aryl methyl sites for hydroxylation is 1. The molecule has 0 heterocycles. The van der Waals surface area contributed by atoms with Gasteiger partial charge in [-0.05, 0) is 26.0 Å². The van der Waals surface area contributed by atoms with Gasteiger partial charge in [-0.1, -0.05) is 24.3 Å². The van der Waals surface area contributed by atoms with Gasteiger partial charge in [0.05, 0.1) is 13.2 Å². The molecular weight excluding hydrogens is 216 g/mol. The predicted molar refractivity (Wildman–Crippen MR) is 67.1 cm³/mol. The first-order valence-electron chi connectivity index (χ1n) is 5.61. The van der Waals surface area contributed by atoms with E-state index in [1.54, 1.807) is 6.92 Å². The van der Waals surface area contributed by atoms with E-state index in [1.165, 1.54) is 5.56 Å². The van der Waals surface area contributed by atoms with Gasteiger partial charge in [0.1, 0.15) is 5.75 Å². The second-order valence-electron chi connectivity index (χ2n) is 3.93. The predicted octanol–water partition coefficient (Wildman–Crippen LogP) is 2.88. The van der Waals surface area contributed by atoms with E-state index in [0.29, 0.717) is 25.2 Å². The van der Waals surface area contributed by atoms with Gasteiger partial charge in [0.25, 0.3) is 0 Å². The van der Waals surface area contributed by atoms with Crippen molar-refractivity contribution < 1.29 is 14.3 Å². The van der Waals surface area contributed by atoms with E-state index in [2.05, 4.69) is 6.58 Å². The quantitative estimate of drug-likeness (QED) is 0.431. The SMILES string of the molecule is C=C(C)C(=O)OCCCOc1ccc(C)cc1. The van der Waals surface area contributed by atoms with Crippen molar-refractivity contribution in [1.82, 2.24) is 0 Å². The molecule has 0 saturated carbocycles. The summed E-state index contributed by atoms with van der Waals surface area (Å²) < 4.78 is 10.4. The second-order valence-corrected chi connectivity index (χ2v) is 3.93. The third kappa shape index (κ3) is 5.20. The van der Waals surface area contributed by atoms with Crippen molar-refractivity contribution in [3.63, 3.8) is 0 Å². The molecule has 1 rings (SSSR count). The molecule has 0 bridgehead atoms. The van der Waals surface area contributed by atoms with Crippen molar-refractivity contribution in [2.24, 2.45) is 0 Å². The third-order valence-electron chi connectivity index (χ3n) is 2.16. The summed E-state index contributed by atoms with van der Waals surface area (Å²) in [5.74, 6) is 0.488. The van der Waals surface area contributed by atoms with E-state index >= 15 is 0 Å². The van der Waals surface area contributed by atoms with E-state index in [0.717, 1.165) is 5.75 Å². The van der Waals surface area contributed by atoms with Gasteiger partial charge in [0.15, 0.2) is 0 Å². The lowest BCUT2D eigenvalue weighted by Crippen LogP contribution is -2.09. The summed E-state index contributed by atoms with van der Waals surface area (Å²) in [6.45, 7) is 8.06. The van der Waals surface area contributed by atoms with Crippen LogP contribution in [-0.4, -0.2) is 19.2 Å². The minimum absolute atomic E-state index is 0.347. The number of ether oxygens (including phenoxy) is 2. The molecule has 0 amide bonds. The highest BCUT2D eigenvalue weighted by Crippen LogP contribution is 2.11. The minimum atomic E-state index is -0.347. The molecule has 0 fully saturated rings. The number of carbonyl (C=O) groups excluding carboxylic acids is 1. The Morgan fingerprint density at radius 1 is 1.24 bits per heavy atom. The van der Waals surface area contributed by atoms with Gasteiger partial charge in [-0.2, -0.15) is 0 Å².